The Kier molecular flexibility index (Phi) is 10.7. The Morgan fingerprint density at radius 1 is 0.944 bits per heavy atom. The number of Topliss-reactive ketones (excluding diaryl/α,β-unsaturated/α-hetero) is 1. The fourth-order valence-electron chi connectivity index (χ4n) is 3.21. The number of rotatable bonds is 13. The van der Waals surface area contributed by atoms with Gasteiger partial charge in [0.05, 0.1) is 12.5 Å². The van der Waals surface area contributed by atoms with Crippen LogP contribution in [0.25, 0.3) is 0 Å². The summed E-state index contributed by atoms with van der Waals surface area (Å²) in [5.74, 6) is -15.3. The molecule has 17 heteroatoms. The fraction of sp³-hybridized carbons (Fsp3) is 0.842. The zero-order chi connectivity index (χ0) is 28.0. The summed E-state index contributed by atoms with van der Waals surface area (Å²) in [6.07, 6.45) is -7.59. The first kappa shape index (κ1) is 32.0. The van der Waals surface area contributed by atoms with Gasteiger partial charge in [-0.1, -0.05) is 19.3 Å². The van der Waals surface area contributed by atoms with Gasteiger partial charge in [0.1, 0.15) is 6.61 Å². The maximum atomic E-state index is 14.0. The highest BCUT2D eigenvalue weighted by Crippen LogP contribution is 2.42. The number of halogens is 7. The van der Waals surface area contributed by atoms with Gasteiger partial charge in [-0.05, 0) is 32.6 Å². The van der Waals surface area contributed by atoms with Crippen molar-refractivity contribution in [1.29, 1.82) is 0 Å². The second-order valence-corrected chi connectivity index (χ2v) is 9.61. The Hall–Kier alpha value is -2.01. The zero-order valence-electron chi connectivity index (χ0n) is 18.9. The van der Waals surface area contributed by atoms with E-state index in [1.54, 1.807) is 0 Å². The Bertz CT molecular complexity index is 899. The molecule has 0 aromatic heterocycles. The van der Waals surface area contributed by atoms with Crippen LogP contribution >= 0.6 is 0 Å². The molecule has 1 aliphatic rings. The monoisotopic (exact) mass is 562 g/mol. The number of carbonyl (C=O) groups is 3. The molecule has 1 saturated carbocycles. The van der Waals surface area contributed by atoms with Crippen molar-refractivity contribution in [3.63, 3.8) is 0 Å². The SMILES string of the molecule is CC(=O)COC(=O)C(OCCCCC(F)(F)C(F)(F)S(=O)(=O)O)(OC(=O)C1CCCCC1)C(F)(F)F. The van der Waals surface area contributed by atoms with Crippen LogP contribution < -0.4 is 0 Å². The van der Waals surface area contributed by atoms with Gasteiger partial charge in [0.25, 0.3) is 0 Å². The quantitative estimate of drug-likeness (QED) is 0.117. The van der Waals surface area contributed by atoms with Crippen molar-refractivity contribution in [3.05, 3.63) is 0 Å². The molecule has 1 rings (SSSR count). The van der Waals surface area contributed by atoms with Crippen LogP contribution in [0.3, 0.4) is 0 Å². The lowest BCUT2D eigenvalue weighted by atomic mass is 9.89. The molecular weight excluding hydrogens is 537 g/mol. The van der Waals surface area contributed by atoms with Crippen LogP contribution in [-0.2, 0) is 38.7 Å². The maximum Gasteiger partial charge on any atom is 0.468 e. The second-order valence-electron chi connectivity index (χ2n) is 8.15. The van der Waals surface area contributed by atoms with Gasteiger partial charge in [-0.25, -0.2) is 4.79 Å². The second kappa shape index (κ2) is 12.0. The van der Waals surface area contributed by atoms with Crippen molar-refractivity contribution in [2.75, 3.05) is 13.2 Å². The molecule has 0 spiro atoms. The summed E-state index contributed by atoms with van der Waals surface area (Å²) in [6.45, 7) is -1.53. The average molecular weight is 562 g/mol. The van der Waals surface area contributed by atoms with Gasteiger partial charge in [-0.2, -0.15) is 39.2 Å². The van der Waals surface area contributed by atoms with E-state index >= 15 is 0 Å². The van der Waals surface area contributed by atoms with E-state index in [9.17, 15) is 53.5 Å². The van der Waals surface area contributed by atoms with Crippen LogP contribution in [0.5, 0.6) is 0 Å². The largest absolute Gasteiger partial charge is 0.468 e. The minimum absolute atomic E-state index is 0.159. The highest BCUT2D eigenvalue weighted by atomic mass is 32.2. The number of esters is 2. The summed E-state index contributed by atoms with van der Waals surface area (Å²) in [7, 11) is -6.50. The fourth-order valence-corrected chi connectivity index (χ4v) is 3.69. The Balaban J connectivity index is 3.03. The van der Waals surface area contributed by atoms with E-state index in [0.717, 1.165) is 6.92 Å². The molecule has 1 aliphatic carbocycles. The molecule has 9 nitrogen and oxygen atoms in total. The summed E-state index contributed by atoms with van der Waals surface area (Å²) in [5.41, 5.74) is 0. The summed E-state index contributed by atoms with van der Waals surface area (Å²) in [4.78, 5) is 35.7. The molecule has 0 saturated heterocycles. The first-order valence-corrected chi connectivity index (χ1v) is 12.1. The number of hydrogen-bond donors (Lipinski definition) is 1. The number of ether oxygens (including phenoxy) is 3. The molecule has 0 radical (unpaired) electrons. The summed E-state index contributed by atoms with van der Waals surface area (Å²) < 4.78 is 138. The minimum Gasteiger partial charge on any atom is -0.453 e. The van der Waals surface area contributed by atoms with E-state index < -0.39 is 89.4 Å². The van der Waals surface area contributed by atoms with E-state index in [1.165, 1.54) is 0 Å². The van der Waals surface area contributed by atoms with Gasteiger partial charge in [0, 0.05) is 6.42 Å². The van der Waals surface area contributed by atoms with E-state index in [0.29, 0.717) is 19.3 Å². The van der Waals surface area contributed by atoms with Crippen LogP contribution in [0, 0.1) is 5.92 Å². The molecule has 36 heavy (non-hydrogen) atoms. The van der Waals surface area contributed by atoms with Gasteiger partial charge in [-0.15, -0.1) is 0 Å². The zero-order valence-corrected chi connectivity index (χ0v) is 19.7. The third kappa shape index (κ3) is 7.74. The summed E-state index contributed by atoms with van der Waals surface area (Å²) >= 11 is 0. The topological polar surface area (TPSA) is 133 Å². The average Bonchev–Trinajstić information content (AvgIpc) is 2.75. The maximum absolute atomic E-state index is 14.0. The van der Waals surface area contributed by atoms with E-state index in [2.05, 4.69) is 14.2 Å². The lowest BCUT2D eigenvalue weighted by molar-refractivity contribution is -0.356. The molecule has 1 atom stereocenters. The minimum atomic E-state index is -6.50. The molecule has 1 unspecified atom stereocenters. The lowest BCUT2D eigenvalue weighted by Crippen LogP contribution is -2.59. The number of ketones is 1. The lowest BCUT2D eigenvalue weighted by Gasteiger charge is -2.34. The highest BCUT2D eigenvalue weighted by molar-refractivity contribution is 7.87. The Morgan fingerprint density at radius 2 is 1.50 bits per heavy atom. The third-order valence-corrected chi connectivity index (χ3v) is 6.12. The first-order valence-electron chi connectivity index (χ1n) is 10.6. The Labute approximate surface area is 201 Å². The van der Waals surface area contributed by atoms with Crippen molar-refractivity contribution in [1.82, 2.24) is 0 Å². The molecule has 1 N–H and O–H groups in total. The van der Waals surface area contributed by atoms with Crippen LogP contribution in [0.1, 0.15) is 58.3 Å². The van der Waals surface area contributed by atoms with Gasteiger partial charge in [0.15, 0.2) is 5.78 Å². The van der Waals surface area contributed by atoms with Gasteiger partial charge < -0.3 is 14.2 Å². The number of alkyl halides is 7. The molecule has 0 amide bonds. The smallest absolute Gasteiger partial charge is 0.453 e. The highest BCUT2D eigenvalue weighted by Gasteiger charge is 2.68. The van der Waals surface area contributed by atoms with Crippen molar-refractivity contribution >= 4 is 27.8 Å². The molecule has 0 bridgehead atoms. The molecule has 0 aromatic carbocycles. The number of hydrogen-bond acceptors (Lipinski definition) is 8. The normalized spacial score (nSPS) is 17.8. The van der Waals surface area contributed by atoms with Gasteiger partial charge >= 0.3 is 45.2 Å². The molecule has 0 aromatic rings. The number of carbonyl (C=O) groups excluding carboxylic acids is 3. The van der Waals surface area contributed by atoms with Crippen molar-refractivity contribution in [2.24, 2.45) is 5.92 Å². The predicted octanol–water partition coefficient (Wildman–Crippen LogP) is 3.80. The first-order chi connectivity index (χ1) is 16.3. The molecule has 0 aliphatic heterocycles. The van der Waals surface area contributed by atoms with Crippen LogP contribution in [0.4, 0.5) is 30.7 Å². The van der Waals surface area contributed by atoms with Gasteiger partial charge in [-0.3, -0.25) is 14.1 Å². The third-order valence-electron chi connectivity index (χ3n) is 5.17. The van der Waals surface area contributed by atoms with Crippen molar-refractivity contribution < 1.29 is 72.3 Å². The van der Waals surface area contributed by atoms with Crippen molar-refractivity contribution in [3.8, 4) is 0 Å². The van der Waals surface area contributed by atoms with Crippen LogP contribution in [-0.4, -0.2) is 67.0 Å². The van der Waals surface area contributed by atoms with E-state index in [1.807, 2.05) is 0 Å². The van der Waals surface area contributed by atoms with Crippen LogP contribution in [0.2, 0.25) is 0 Å². The standard InChI is InChI=1S/C19H25F7O9S/c1-12(27)11-33-15(29)17(18(22,23)24,35-14(28)13-7-3-2-4-8-13)34-10-6-5-9-16(20,21)19(25,26)36(30,31)32/h13H,2-11H2,1H3,(H,30,31,32). The molecular formula is C19H25F7O9S. The predicted molar refractivity (Wildman–Crippen MR) is 104 cm³/mol. The van der Waals surface area contributed by atoms with Gasteiger partial charge in [0.2, 0.25) is 0 Å². The molecule has 0 heterocycles. The Morgan fingerprint density at radius 3 is 1.97 bits per heavy atom. The van der Waals surface area contributed by atoms with Crippen molar-refractivity contribution in [2.45, 2.75) is 81.4 Å². The molecule has 1 fully saturated rings. The van der Waals surface area contributed by atoms with Crippen LogP contribution in [0.15, 0.2) is 0 Å². The summed E-state index contributed by atoms with van der Waals surface area (Å²) in [6, 6.07) is 0. The summed E-state index contributed by atoms with van der Waals surface area (Å²) in [5, 5.41) is -5.87. The number of unbranched alkanes of at least 4 members (excludes halogenated alkanes) is 1. The molecule has 210 valence electrons. The van der Waals surface area contributed by atoms with E-state index in [4.69, 9.17) is 4.55 Å². The van der Waals surface area contributed by atoms with E-state index in [-0.39, 0.29) is 12.8 Å².